The number of nitrogens with one attached hydrogen (secondary N) is 1. The maximum atomic E-state index is 4.43. The van der Waals surface area contributed by atoms with Gasteiger partial charge in [-0.1, -0.05) is 0 Å². The second-order valence-corrected chi connectivity index (χ2v) is 7.36. The minimum absolute atomic E-state index is 0.517. The van der Waals surface area contributed by atoms with Gasteiger partial charge in [0.05, 0.1) is 6.54 Å². The highest BCUT2D eigenvalue weighted by atomic mass is 79.9. The summed E-state index contributed by atoms with van der Waals surface area (Å²) in [5.41, 5.74) is 1.25. The Morgan fingerprint density at radius 3 is 2.74 bits per heavy atom. The molecule has 0 radical (unpaired) electrons. The zero-order valence-corrected chi connectivity index (χ0v) is 16.5. The Hall–Kier alpha value is -1.05. The standard InChI is InChI=1S/C16H29BrN6/c1-18-16(19-9-15-11-20(2)6-7-21(15)3)23(5)12-14-8-13(17)10-22(14)4/h8,10,15H,6-7,9,11-12H2,1-5H3,(H,18,19). The summed E-state index contributed by atoms with van der Waals surface area (Å²) in [6.07, 6.45) is 2.08. The Balaban J connectivity index is 1.90. The quantitative estimate of drug-likeness (QED) is 0.621. The summed E-state index contributed by atoms with van der Waals surface area (Å²) >= 11 is 3.53. The van der Waals surface area contributed by atoms with E-state index in [1.807, 2.05) is 7.05 Å². The maximum absolute atomic E-state index is 4.43. The lowest BCUT2D eigenvalue weighted by molar-refractivity contribution is 0.116. The van der Waals surface area contributed by atoms with Gasteiger partial charge < -0.3 is 19.7 Å². The van der Waals surface area contributed by atoms with Gasteiger partial charge >= 0.3 is 0 Å². The molecular weight excluding hydrogens is 356 g/mol. The molecule has 2 heterocycles. The Morgan fingerprint density at radius 1 is 1.39 bits per heavy atom. The highest BCUT2D eigenvalue weighted by Crippen LogP contribution is 2.15. The summed E-state index contributed by atoms with van der Waals surface area (Å²) in [5.74, 6) is 0.934. The molecule has 1 saturated heterocycles. The third kappa shape index (κ3) is 4.96. The first-order valence-corrected chi connectivity index (χ1v) is 8.81. The third-order valence-electron chi connectivity index (χ3n) is 4.52. The molecule has 1 aliphatic heterocycles. The Morgan fingerprint density at radius 2 is 2.13 bits per heavy atom. The van der Waals surface area contributed by atoms with Crippen molar-refractivity contribution in [2.75, 3.05) is 54.4 Å². The lowest BCUT2D eigenvalue weighted by atomic mass is 10.2. The van der Waals surface area contributed by atoms with Crippen molar-refractivity contribution in [2.45, 2.75) is 12.6 Å². The first-order chi connectivity index (χ1) is 10.9. The van der Waals surface area contributed by atoms with Gasteiger partial charge in [0.1, 0.15) is 0 Å². The molecule has 2 rings (SSSR count). The molecule has 1 unspecified atom stereocenters. The minimum atomic E-state index is 0.517. The van der Waals surface area contributed by atoms with Gasteiger partial charge in [-0.25, -0.2) is 0 Å². The van der Waals surface area contributed by atoms with E-state index >= 15 is 0 Å². The first kappa shape index (κ1) is 18.3. The van der Waals surface area contributed by atoms with Crippen molar-refractivity contribution in [2.24, 2.45) is 12.0 Å². The van der Waals surface area contributed by atoms with Crippen LogP contribution in [-0.4, -0.2) is 85.6 Å². The number of nitrogens with zero attached hydrogens (tertiary/aromatic N) is 5. The second-order valence-electron chi connectivity index (χ2n) is 6.44. The number of halogens is 1. The lowest BCUT2D eigenvalue weighted by Gasteiger charge is -2.38. The van der Waals surface area contributed by atoms with Crippen LogP contribution in [0.1, 0.15) is 5.69 Å². The van der Waals surface area contributed by atoms with Crippen molar-refractivity contribution in [1.29, 1.82) is 0 Å². The molecule has 0 bridgehead atoms. The number of aryl methyl sites for hydroxylation is 1. The van der Waals surface area contributed by atoms with E-state index in [2.05, 4.69) is 86.0 Å². The number of piperazine rings is 1. The van der Waals surface area contributed by atoms with Gasteiger partial charge in [0, 0.05) is 69.7 Å². The fraction of sp³-hybridized carbons (Fsp3) is 0.688. The average molecular weight is 385 g/mol. The second kappa shape index (κ2) is 8.17. The number of likely N-dealkylation sites (N-methyl/N-ethyl adjacent to an activating group) is 2. The topological polar surface area (TPSA) is 39.0 Å². The zero-order valence-electron chi connectivity index (χ0n) is 14.9. The van der Waals surface area contributed by atoms with Crippen LogP contribution in [-0.2, 0) is 13.6 Å². The summed E-state index contributed by atoms with van der Waals surface area (Å²) in [6.45, 7) is 5.09. The SMILES string of the molecule is CN=C(NCC1CN(C)CCN1C)N(C)Cc1cc(Br)cn1C. The summed E-state index contributed by atoms with van der Waals surface area (Å²) in [6, 6.07) is 2.66. The molecule has 1 atom stereocenters. The van der Waals surface area contributed by atoms with Crippen LogP contribution >= 0.6 is 15.9 Å². The van der Waals surface area contributed by atoms with Gasteiger partial charge in [-0.15, -0.1) is 0 Å². The fourth-order valence-electron chi connectivity index (χ4n) is 2.96. The van der Waals surface area contributed by atoms with Gasteiger partial charge in [0.2, 0.25) is 0 Å². The Labute approximate surface area is 148 Å². The Kier molecular flexibility index (Phi) is 6.50. The largest absolute Gasteiger partial charge is 0.355 e. The molecule has 1 aromatic heterocycles. The smallest absolute Gasteiger partial charge is 0.193 e. The van der Waals surface area contributed by atoms with E-state index in [1.165, 1.54) is 5.69 Å². The molecule has 1 aromatic rings. The van der Waals surface area contributed by atoms with Gasteiger partial charge in [-0.05, 0) is 36.1 Å². The molecule has 0 spiro atoms. The summed E-state index contributed by atoms with van der Waals surface area (Å²) in [5, 5.41) is 3.52. The molecule has 0 aliphatic carbocycles. The molecule has 7 heteroatoms. The van der Waals surface area contributed by atoms with Crippen LogP contribution in [0.4, 0.5) is 0 Å². The molecule has 6 nitrogen and oxygen atoms in total. The van der Waals surface area contributed by atoms with Crippen molar-refractivity contribution in [1.82, 2.24) is 24.6 Å². The maximum Gasteiger partial charge on any atom is 0.193 e. The van der Waals surface area contributed by atoms with E-state index in [0.717, 1.165) is 43.2 Å². The molecule has 1 aliphatic rings. The van der Waals surface area contributed by atoms with Gasteiger partial charge in [0.15, 0.2) is 5.96 Å². The van der Waals surface area contributed by atoms with E-state index in [4.69, 9.17) is 0 Å². The fourth-order valence-corrected chi connectivity index (χ4v) is 3.53. The molecule has 1 fully saturated rings. The third-order valence-corrected chi connectivity index (χ3v) is 4.96. The highest BCUT2D eigenvalue weighted by Gasteiger charge is 2.22. The van der Waals surface area contributed by atoms with Crippen LogP contribution in [0.3, 0.4) is 0 Å². The highest BCUT2D eigenvalue weighted by molar-refractivity contribution is 9.10. The molecule has 0 aromatic carbocycles. The minimum Gasteiger partial charge on any atom is -0.355 e. The average Bonchev–Trinajstić information content (AvgIpc) is 2.81. The lowest BCUT2D eigenvalue weighted by Crippen LogP contribution is -2.55. The van der Waals surface area contributed by atoms with E-state index < -0.39 is 0 Å². The molecule has 0 amide bonds. The van der Waals surface area contributed by atoms with E-state index in [-0.39, 0.29) is 0 Å². The number of aliphatic imine (C=N–C) groups is 1. The van der Waals surface area contributed by atoms with Crippen LogP contribution in [0, 0.1) is 0 Å². The summed E-state index contributed by atoms with van der Waals surface area (Å²) in [4.78, 5) is 11.4. The number of guanidine groups is 1. The van der Waals surface area contributed by atoms with Crippen molar-refractivity contribution in [3.05, 3.63) is 22.4 Å². The molecule has 0 saturated carbocycles. The number of rotatable bonds is 4. The van der Waals surface area contributed by atoms with Gasteiger partial charge in [0.25, 0.3) is 0 Å². The predicted octanol–water partition coefficient (Wildman–Crippen LogP) is 1.04. The van der Waals surface area contributed by atoms with Crippen LogP contribution < -0.4 is 5.32 Å². The van der Waals surface area contributed by atoms with Crippen molar-refractivity contribution in [3.63, 3.8) is 0 Å². The summed E-state index contributed by atoms with van der Waals surface area (Å²) < 4.78 is 3.25. The predicted molar refractivity (Wildman–Crippen MR) is 99.9 cm³/mol. The molecular formula is C16H29BrN6. The van der Waals surface area contributed by atoms with Gasteiger partial charge in [-0.2, -0.15) is 0 Å². The first-order valence-electron chi connectivity index (χ1n) is 8.02. The zero-order chi connectivity index (χ0) is 17.0. The molecule has 130 valence electrons. The summed E-state index contributed by atoms with van der Waals surface area (Å²) in [7, 11) is 10.4. The molecule has 1 N–H and O–H groups in total. The van der Waals surface area contributed by atoms with Crippen molar-refractivity contribution < 1.29 is 0 Å². The normalized spacial score (nSPS) is 20.8. The van der Waals surface area contributed by atoms with E-state index in [9.17, 15) is 0 Å². The van der Waals surface area contributed by atoms with Crippen LogP contribution in [0.5, 0.6) is 0 Å². The van der Waals surface area contributed by atoms with Crippen LogP contribution in [0.2, 0.25) is 0 Å². The van der Waals surface area contributed by atoms with Crippen LogP contribution in [0.25, 0.3) is 0 Å². The van der Waals surface area contributed by atoms with Crippen LogP contribution in [0.15, 0.2) is 21.7 Å². The monoisotopic (exact) mass is 384 g/mol. The van der Waals surface area contributed by atoms with Crippen molar-refractivity contribution >= 4 is 21.9 Å². The van der Waals surface area contributed by atoms with Crippen molar-refractivity contribution in [3.8, 4) is 0 Å². The number of hydrogen-bond donors (Lipinski definition) is 1. The van der Waals surface area contributed by atoms with E-state index in [0.29, 0.717) is 6.04 Å². The Bertz CT molecular complexity index is 541. The van der Waals surface area contributed by atoms with E-state index in [1.54, 1.807) is 0 Å². The number of hydrogen-bond acceptors (Lipinski definition) is 3. The van der Waals surface area contributed by atoms with Gasteiger partial charge in [-0.3, -0.25) is 9.89 Å². The molecule has 23 heavy (non-hydrogen) atoms. The number of aromatic nitrogens is 1.